The maximum atomic E-state index is 4.18. The number of aliphatic imine (C=N–C) groups is 1. The minimum absolute atomic E-state index is 0.0257. The second-order valence-electron chi connectivity index (χ2n) is 4.53. The lowest BCUT2D eigenvalue weighted by Gasteiger charge is -2.23. The highest BCUT2D eigenvalue weighted by Gasteiger charge is 2.11. The second-order valence-corrected chi connectivity index (χ2v) is 6.44. The average molecular weight is 304 g/mol. The van der Waals surface area contributed by atoms with Crippen LogP contribution in [0.5, 0.6) is 0 Å². The lowest BCUT2D eigenvalue weighted by Crippen LogP contribution is -2.47. The van der Waals surface area contributed by atoms with E-state index in [0.717, 1.165) is 17.0 Å². The van der Waals surface area contributed by atoms with E-state index < -0.39 is 0 Å². The van der Waals surface area contributed by atoms with Crippen LogP contribution in [0.15, 0.2) is 20.9 Å². The number of nitrogens with one attached hydrogen (secondary N) is 2. The van der Waals surface area contributed by atoms with Gasteiger partial charge >= 0.3 is 0 Å². The van der Waals surface area contributed by atoms with Crippen LogP contribution in [0, 0.1) is 0 Å². The Labute approximate surface area is 109 Å². The molecule has 1 aromatic heterocycles. The van der Waals surface area contributed by atoms with Crippen molar-refractivity contribution in [3.05, 3.63) is 20.8 Å². The van der Waals surface area contributed by atoms with Crippen LogP contribution in [0.2, 0.25) is 0 Å². The highest BCUT2D eigenvalue weighted by Crippen LogP contribution is 2.19. The first kappa shape index (κ1) is 13.5. The van der Waals surface area contributed by atoms with E-state index in [0.29, 0.717) is 0 Å². The monoisotopic (exact) mass is 303 g/mol. The van der Waals surface area contributed by atoms with Crippen molar-refractivity contribution in [2.45, 2.75) is 32.9 Å². The zero-order valence-corrected chi connectivity index (χ0v) is 12.5. The van der Waals surface area contributed by atoms with Crippen molar-refractivity contribution in [2.75, 3.05) is 7.05 Å². The van der Waals surface area contributed by atoms with Gasteiger partial charge in [-0.15, -0.1) is 11.3 Å². The molecule has 1 rings (SSSR count). The number of thiophene rings is 1. The van der Waals surface area contributed by atoms with Gasteiger partial charge in [-0.1, -0.05) is 0 Å². The fraction of sp³-hybridized carbons (Fsp3) is 0.545. The molecule has 0 amide bonds. The summed E-state index contributed by atoms with van der Waals surface area (Å²) in [6.07, 6.45) is 0. The van der Waals surface area contributed by atoms with E-state index in [4.69, 9.17) is 0 Å². The summed E-state index contributed by atoms with van der Waals surface area (Å²) in [5.74, 6) is 0.831. The Morgan fingerprint density at radius 3 is 2.62 bits per heavy atom. The Bertz CT molecular complexity index is 366. The van der Waals surface area contributed by atoms with Crippen molar-refractivity contribution in [2.24, 2.45) is 4.99 Å². The van der Waals surface area contributed by atoms with Gasteiger partial charge < -0.3 is 10.6 Å². The fourth-order valence-corrected chi connectivity index (χ4v) is 2.54. The summed E-state index contributed by atoms with van der Waals surface area (Å²) in [4.78, 5) is 5.46. The van der Waals surface area contributed by atoms with E-state index in [9.17, 15) is 0 Å². The van der Waals surface area contributed by atoms with Crippen LogP contribution in [0.25, 0.3) is 0 Å². The molecule has 16 heavy (non-hydrogen) atoms. The summed E-state index contributed by atoms with van der Waals surface area (Å²) in [5.41, 5.74) is 0.0257. The number of halogens is 1. The predicted octanol–water partition coefficient (Wildman–Crippen LogP) is 2.97. The summed E-state index contributed by atoms with van der Waals surface area (Å²) >= 11 is 5.17. The molecule has 0 aliphatic rings. The van der Waals surface area contributed by atoms with Gasteiger partial charge in [0.05, 0.1) is 6.54 Å². The lowest BCUT2D eigenvalue weighted by molar-refractivity contribution is 0.501. The van der Waals surface area contributed by atoms with Crippen LogP contribution < -0.4 is 10.6 Å². The lowest BCUT2D eigenvalue weighted by atomic mass is 10.1. The topological polar surface area (TPSA) is 36.4 Å². The van der Waals surface area contributed by atoms with Gasteiger partial charge in [0, 0.05) is 27.3 Å². The fourth-order valence-electron chi connectivity index (χ4n) is 1.15. The van der Waals surface area contributed by atoms with Crippen molar-refractivity contribution in [1.29, 1.82) is 0 Å². The predicted molar refractivity (Wildman–Crippen MR) is 75.1 cm³/mol. The molecule has 2 N–H and O–H groups in total. The van der Waals surface area contributed by atoms with Crippen molar-refractivity contribution >= 4 is 33.2 Å². The third-order valence-corrected chi connectivity index (χ3v) is 3.47. The normalized spacial score (nSPS) is 12.7. The van der Waals surface area contributed by atoms with Crippen LogP contribution in [0.4, 0.5) is 0 Å². The number of guanidine groups is 1. The molecule has 3 nitrogen and oxygen atoms in total. The number of nitrogens with zero attached hydrogens (tertiary/aromatic N) is 1. The van der Waals surface area contributed by atoms with E-state index in [1.54, 1.807) is 18.4 Å². The first-order chi connectivity index (χ1) is 7.40. The average Bonchev–Trinajstić information content (AvgIpc) is 2.57. The summed E-state index contributed by atoms with van der Waals surface area (Å²) in [5, 5.41) is 8.68. The highest BCUT2D eigenvalue weighted by atomic mass is 79.9. The maximum absolute atomic E-state index is 4.18. The Balaban J connectivity index is 2.47. The largest absolute Gasteiger partial charge is 0.352 e. The zero-order chi connectivity index (χ0) is 12.2. The van der Waals surface area contributed by atoms with E-state index in [1.807, 2.05) is 0 Å². The van der Waals surface area contributed by atoms with E-state index >= 15 is 0 Å². The third kappa shape index (κ3) is 4.99. The molecule has 0 bridgehead atoms. The molecule has 0 aliphatic carbocycles. The standard InChI is InChI=1S/C11H18BrN3S/c1-11(2,3)15-10(13-4)14-6-9-5-8(12)7-16-9/h5,7H,6H2,1-4H3,(H2,13,14,15). The number of hydrogen-bond acceptors (Lipinski definition) is 2. The summed E-state index contributed by atoms with van der Waals surface area (Å²) < 4.78 is 1.13. The van der Waals surface area contributed by atoms with Crippen molar-refractivity contribution in [3.63, 3.8) is 0 Å². The van der Waals surface area contributed by atoms with E-state index in [1.165, 1.54) is 4.88 Å². The van der Waals surface area contributed by atoms with Crippen LogP contribution in [-0.4, -0.2) is 18.5 Å². The zero-order valence-electron chi connectivity index (χ0n) is 10.1. The van der Waals surface area contributed by atoms with Gasteiger partial charge in [0.2, 0.25) is 0 Å². The Morgan fingerprint density at radius 1 is 1.50 bits per heavy atom. The Kier molecular flexibility index (Phi) is 4.80. The molecule has 0 radical (unpaired) electrons. The number of rotatable bonds is 2. The molecule has 0 saturated heterocycles. The van der Waals surface area contributed by atoms with Crippen molar-refractivity contribution in [1.82, 2.24) is 10.6 Å². The molecule has 1 aromatic rings. The Morgan fingerprint density at radius 2 is 2.19 bits per heavy atom. The molecule has 0 spiro atoms. The minimum atomic E-state index is 0.0257. The number of hydrogen-bond donors (Lipinski definition) is 2. The van der Waals surface area contributed by atoms with Gasteiger partial charge in [0.1, 0.15) is 0 Å². The molecule has 0 aromatic carbocycles. The van der Waals surface area contributed by atoms with E-state index in [-0.39, 0.29) is 5.54 Å². The van der Waals surface area contributed by atoms with Crippen LogP contribution in [0.1, 0.15) is 25.6 Å². The molecule has 0 fully saturated rings. The maximum Gasteiger partial charge on any atom is 0.191 e. The van der Waals surface area contributed by atoms with E-state index in [2.05, 4.69) is 63.8 Å². The molecule has 0 unspecified atom stereocenters. The molecule has 0 saturated carbocycles. The van der Waals surface area contributed by atoms with Crippen molar-refractivity contribution < 1.29 is 0 Å². The van der Waals surface area contributed by atoms with Crippen LogP contribution in [-0.2, 0) is 6.54 Å². The van der Waals surface area contributed by atoms with Crippen molar-refractivity contribution in [3.8, 4) is 0 Å². The Hall–Kier alpha value is -0.550. The molecule has 90 valence electrons. The third-order valence-electron chi connectivity index (χ3n) is 1.77. The van der Waals surface area contributed by atoms with Crippen LogP contribution >= 0.6 is 27.3 Å². The second kappa shape index (κ2) is 5.68. The summed E-state index contributed by atoms with van der Waals surface area (Å²) in [6, 6.07) is 2.11. The molecule has 5 heteroatoms. The quantitative estimate of drug-likeness (QED) is 0.651. The molecular formula is C11H18BrN3S. The van der Waals surface area contributed by atoms with Gasteiger partial charge in [0.15, 0.2) is 5.96 Å². The van der Waals surface area contributed by atoms with Gasteiger partial charge in [-0.25, -0.2) is 0 Å². The smallest absolute Gasteiger partial charge is 0.191 e. The van der Waals surface area contributed by atoms with Crippen LogP contribution in [0.3, 0.4) is 0 Å². The van der Waals surface area contributed by atoms with Gasteiger partial charge in [-0.2, -0.15) is 0 Å². The SMILES string of the molecule is CN=C(NCc1cc(Br)cs1)NC(C)(C)C. The molecule has 0 aliphatic heterocycles. The highest BCUT2D eigenvalue weighted by molar-refractivity contribution is 9.10. The molecular weight excluding hydrogens is 286 g/mol. The first-order valence-electron chi connectivity index (χ1n) is 5.12. The van der Waals surface area contributed by atoms with Gasteiger partial charge in [-0.05, 0) is 42.8 Å². The minimum Gasteiger partial charge on any atom is -0.352 e. The first-order valence-corrected chi connectivity index (χ1v) is 6.80. The molecule has 0 atom stereocenters. The van der Waals surface area contributed by atoms with Gasteiger partial charge in [0.25, 0.3) is 0 Å². The summed E-state index contributed by atoms with van der Waals surface area (Å²) in [7, 11) is 1.78. The van der Waals surface area contributed by atoms with Gasteiger partial charge in [-0.3, -0.25) is 4.99 Å². The summed E-state index contributed by atoms with van der Waals surface area (Å²) in [6.45, 7) is 7.14. The molecule has 1 heterocycles.